The van der Waals surface area contributed by atoms with Crippen molar-refractivity contribution in [3.05, 3.63) is 76.3 Å². The van der Waals surface area contributed by atoms with E-state index in [9.17, 15) is 13.6 Å². The third-order valence-electron chi connectivity index (χ3n) is 3.16. The van der Waals surface area contributed by atoms with Crippen molar-refractivity contribution >= 4 is 23.8 Å². The predicted octanol–water partition coefficient (Wildman–Crippen LogP) is 4.95. The topological polar surface area (TPSA) is 38.3 Å². The van der Waals surface area contributed by atoms with E-state index < -0.39 is 22.8 Å². The molecule has 0 spiro atoms. The summed E-state index contributed by atoms with van der Waals surface area (Å²) in [6, 6.07) is 11.7. The fourth-order valence-corrected chi connectivity index (χ4v) is 2.08. The standard InChI is InChI=1S/C18H16ClF2NO2/c19-16-15(20)10-9-14(17(16)21)8-4-5-11-22-18(23)24-12-13-6-2-1-3-7-13/h1-4,6-10H,5,11-12H2,(H,22,23). The molecular formula is C18H16ClF2NO2. The first kappa shape index (κ1) is 17.9. The molecule has 0 radical (unpaired) electrons. The van der Waals surface area contributed by atoms with Gasteiger partial charge in [0.15, 0.2) is 5.82 Å². The molecular weight excluding hydrogens is 336 g/mol. The summed E-state index contributed by atoms with van der Waals surface area (Å²) in [5.41, 5.74) is 1.09. The number of benzene rings is 2. The molecule has 126 valence electrons. The van der Waals surface area contributed by atoms with Gasteiger partial charge in [0.1, 0.15) is 17.4 Å². The van der Waals surface area contributed by atoms with E-state index >= 15 is 0 Å². The lowest BCUT2D eigenvalue weighted by atomic mass is 10.2. The van der Waals surface area contributed by atoms with Crippen molar-refractivity contribution in [1.29, 1.82) is 0 Å². The molecule has 0 aliphatic carbocycles. The molecule has 3 nitrogen and oxygen atoms in total. The lowest BCUT2D eigenvalue weighted by Gasteiger charge is -2.06. The number of halogens is 3. The Morgan fingerprint density at radius 1 is 1.17 bits per heavy atom. The number of hydrogen-bond acceptors (Lipinski definition) is 2. The summed E-state index contributed by atoms with van der Waals surface area (Å²) in [5.74, 6) is -1.60. The third kappa shape index (κ3) is 5.35. The van der Waals surface area contributed by atoms with Gasteiger partial charge >= 0.3 is 6.09 Å². The number of amides is 1. The minimum atomic E-state index is -0.803. The zero-order valence-corrected chi connectivity index (χ0v) is 13.5. The van der Waals surface area contributed by atoms with Crippen molar-refractivity contribution in [1.82, 2.24) is 5.32 Å². The Morgan fingerprint density at radius 2 is 1.92 bits per heavy atom. The Labute approximate surface area is 143 Å². The van der Waals surface area contributed by atoms with Crippen molar-refractivity contribution < 1.29 is 18.3 Å². The first-order valence-corrected chi connectivity index (χ1v) is 7.70. The van der Waals surface area contributed by atoms with E-state index in [4.69, 9.17) is 16.3 Å². The second-order valence-corrected chi connectivity index (χ2v) is 5.32. The molecule has 0 aliphatic rings. The maximum absolute atomic E-state index is 13.6. The Morgan fingerprint density at radius 3 is 2.67 bits per heavy atom. The van der Waals surface area contributed by atoms with Gasteiger partial charge in [-0.15, -0.1) is 0 Å². The molecule has 2 rings (SSSR count). The van der Waals surface area contributed by atoms with Crippen LogP contribution >= 0.6 is 11.6 Å². The van der Waals surface area contributed by atoms with Gasteiger partial charge < -0.3 is 10.1 Å². The maximum Gasteiger partial charge on any atom is 0.407 e. The van der Waals surface area contributed by atoms with Crippen LogP contribution in [0.1, 0.15) is 17.5 Å². The monoisotopic (exact) mass is 351 g/mol. The predicted molar refractivity (Wildman–Crippen MR) is 89.6 cm³/mol. The van der Waals surface area contributed by atoms with E-state index in [1.165, 1.54) is 12.1 Å². The quantitative estimate of drug-likeness (QED) is 0.591. The Kier molecular flexibility index (Phi) is 6.75. The summed E-state index contributed by atoms with van der Waals surface area (Å²) >= 11 is 5.49. The van der Waals surface area contributed by atoms with Gasteiger partial charge in [0.25, 0.3) is 0 Å². The first-order valence-electron chi connectivity index (χ1n) is 7.32. The Hall–Kier alpha value is -2.40. The van der Waals surface area contributed by atoms with Gasteiger partial charge in [-0.2, -0.15) is 0 Å². The van der Waals surface area contributed by atoms with Crippen LogP contribution in [0.2, 0.25) is 5.02 Å². The van der Waals surface area contributed by atoms with Gasteiger partial charge in [-0.05, 0) is 24.1 Å². The maximum atomic E-state index is 13.6. The SMILES string of the molecule is O=C(NCCC=Cc1ccc(F)c(Cl)c1F)OCc1ccccc1. The van der Waals surface area contributed by atoms with Crippen molar-refractivity contribution in [2.24, 2.45) is 0 Å². The summed E-state index contributed by atoms with van der Waals surface area (Å²) in [6.45, 7) is 0.530. The van der Waals surface area contributed by atoms with E-state index in [0.717, 1.165) is 11.6 Å². The lowest BCUT2D eigenvalue weighted by molar-refractivity contribution is 0.140. The van der Waals surface area contributed by atoms with Crippen molar-refractivity contribution in [3.63, 3.8) is 0 Å². The molecule has 0 bridgehead atoms. The highest BCUT2D eigenvalue weighted by molar-refractivity contribution is 6.31. The number of ether oxygens (including phenoxy) is 1. The molecule has 24 heavy (non-hydrogen) atoms. The van der Waals surface area contributed by atoms with E-state index in [2.05, 4.69) is 5.32 Å². The van der Waals surface area contributed by atoms with Crippen LogP contribution in [0.4, 0.5) is 13.6 Å². The molecule has 2 aromatic rings. The van der Waals surface area contributed by atoms with E-state index in [-0.39, 0.29) is 12.2 Å². The molecule has 0 fully saturated rings. The third-order valence-corrected chi connectivity index (χ3v) is 3.50. The summed E-state index contributed by atoms with van der Waals surface area (Å²) < 4.78 is 31.7. The molecule has 1 amide bonds. The number of rotatable bonds is 6. The average Bonchev–Trinajstić information content (AvgIpc) is 2.60. The van der Waals surface area contributed by atoms with Crippen LogP contribution in [-0.4, -0.2) is 12.6 Å². The first-order chi connectivity index (χ1) is 11.6. The molecule has 0 saturated carbocycles. The van der Waals surface area contributed by atoms with Gasteiger partial charge in [0, 0.05) is 12.1 Å². The zero-order valence-electron chi connectivity index (χ0n) is 12.8. The minimum absolute atomic E-state index is 0.188. The molecule has 0 aromatic heterocycles. The van der Waals surface area contributed by atoms with Gasteiger partial charge in [0.2, 0.25) is 0 Å². The van der Waals surface area contributed by atoms with Crippen LogP contribution in [0, 0.1) is 11.6 Å². The van der Waals surface area contributed by atoms with Crippen LogP contribution in [0.5, 0.6) is 0 Å². The normalized spacial score (nSPS) is 10.8. The molecule has 0 saturated heterocycles. The highest BCUT2D eigenvalue weighted by atomic mass is 35.5. The second-order valence-electron chi connectivity index (χ2n) is 4.94. The largest absolute Gasteiger partial charge is 0.445 e. The van der Waals surface area contributed by atoms with E-state index in [1.807, 2.05) is 30.3 Å². The van der Waals surface area contributed by atoms with Gasteiger partial charge in [0.05, 0.1) is 0 Å². The molecule has 1 N–H and O–H groups in total. The fourth-order valence-electron chi connectivity index (χ4n) is 1.91. The van der Waals surface area contributed by atoms with Crippen molar-refractivity contribution in [3.8, 4) is 0 Å². The smallest absolute Gasteiger partial charge is 0.407 e. The van der Waals surface area contributed by atoms with Crippen molar-refractivity contribution in [2.45, 2.75) is 13.0 Å². The number of carbonyl (C=O) groups excluding carboxylic acids is 1. The van der Waals surface area contributed by atoms with E-state index in [1.54, 1.807) is 6.08 Å². The highest BCUT2D eigenvalue weighted by Crippen LogP contribution is 2.22. The van der Waals surface area contributed by atoms with Crippen LogP contribution < -0.4 is 5.32 Å². The Bertz CT molecular complexity index is 720. The molecule has 2 aromatic carbocycles. The molecule has 0 atom stereocenters. The Balaban J connectivity index is 1.71. The average molecular weight is 352 g/mol. The van der Waals surface area contributed by atoms with Crippen molar-refractivity contribution in [2.75, 3.05) is 6.54 Å². The van der Waals surface area contributed by atoms with Crippen LogP contribution in [-0.2, 0) is 11.3 Å². The number of alkyl carbamates (subject to hydrolysis) is 1. The summed E-state index contributed by atoms with van der Waals surface area (Å²) in [6.07, 6.45) is 3.08. The van der Waals surface area contributed by atoms with Crippen LogP contribution in [0.15, 0.2) is 48.5 Å². The lowest BCUT2D eigenvalue weighted by Crippen LogP contribution is -2.24. The van der Waals surface area contributed by atoms with Crippen LogP contribution in [0.3, 0.4) is 0 Å². The van der Waals surface area contributed by atoms with Crippen LogP contribution in [0.25, 0.3) is 6.08 Å². The summed E-state index contributed by atoms with van der Waals surface area (Å²) in [5, 5.41) is 2.05. The zero-order chi connectivity index (χ0) is 17.4. The molecule has 0 aliphatic heterocycles. The van der Waals surface area contributed by atoms with Gasteiger partial charge in [-0.25, -0.2) is 13.6 Å². The highest BCUT2D eigenvalue weighted by Gasteiger charge is 2.09. The van der Waals surface area contributed by atoms with Gasteiger partial charge in [-0.1, -0.05) is 54.1 Å². The van der Waals surface area contributed by atoms with Gasteiger partial charge in [-0.3, -0.25) is 0 Å². The number of nitrogens with one attached hydrogen (secondary N) is 1. The minimum Gasteiger partial charge on any atom is -0.445 e. The summed E-state index contributed by atoms with van der Waals surface area (Å²) in [4.78, 5) is 11.5. The van der Waals surface area contributed by atoms with E-state index in [0.29, 0.717) is 13.0 Å². The number of carbonyl (C=O) groups is 1. The molecule has 0 heterocycles. The molecule has 6 heteroatoms. The molecule has 0 unspecified atom stereocenters. The second kappa shape index (κ2) is 9.03. The fraction of sp³-hybridized carbons (Fsp3) is 0.167. The summed E-state index contributed by atoms with van der Waals surface area (Å²) in [7, 11) is 0. The number of hydrogen-bond donors (Lipinski definition) is 1.